The summed E-state index contributed by atoms with van der Waals surface area (Å²) in [4.78, 5) is 0.494. The van der Waals surface area contributed by atoms with Crippen LogP contribution in [-0.4, -0.2) is 56.8 Å². The molecule has 0 radical (unpaired) electrons. The summed E-state index contributed by atoms with van der Waals surface area (Å²) in [5.74, 6) is 0.725. The molecule has 212 valence electrons. The smallest absolute Gasteiger partial charge is 0.181 e. The molecule has 38 heavy (non-hydrogen) atoms. The number of phenols is 1. The third-order valence-electron chi connectivity index (χ3n) is 7.13. The Morgan fingerprint density at radius 1 is 0.868 bits per heavy atom. The SMILES string of the molecule is O=S(=O)(c1cccc(CCCCOCCCCCCNCCOc2ccc(O)c(CO)c2)c1)C1CCCC1. The molecule has 0 aromatic heterocycles. The first-order chi connectivity index (χ1) is 18.5. The fourth-order valence-electron chi connectivity index (χ4n) is 4.86. The quantitative estimate of drug-likeness (QED) is 0.208. The number of ether oxygens (including phenoxy) is 2. The third kappa shape index (κ3) is 10.2. The van der Waals surface area contributed by atoms with Crippen molar-refractivity contribution in [3.05, 3.63) is 53.6 Å². The zero-order chi connectivity index (χ0) is 27.1. The average Bonchev–Trinajstić information content (AvgIpc) is 3.48. The highest BCUT2D eigenvalue weighted by Gasteiger charge is 2.30. The maximum Gasteiger partial charge on any atom is 0.181 e. The van der Waals surface area contributed by atoms with E-state index in [4.69, 9.17) is 9.47 Å². The largest absolute Gasteiger partial charge is 0.508 e. The van der Waals surface area contributed by atoms with Crippen LogP contribution in [0.3, 0.4) is 0 Å². The lowest BCUT2D eigenvalue weighted by Gasteiger charge is -2.12. The van der Waals surface area contributed by atoms with Gasteiger partial charge in [0.1, 0.15) is 18.1 Å². The minimum atomic E-state index is -3.18. The molecule has 7 nitrogen and oxygen atoms in total. The van der Waals surface area contributed by atoms with E-state index >= 15 is 0 Å². The molecule has 0 unspecified atom stereocenters. The van der Waals surface area contributed by atoms with E-state index in [-0.39, 0.29) is 17.6 Å². The van der Waals surface area contributed by atoms with Crippen LogP contribution in [0.2, 0.25) is 0 Å². The van der Waals surface area contributed by atoms with E-state index in [1.807, 2.05) is 18.2 Å². The van der Waals surface area contributed by atoms with Gasteiger partial charge in [-0.3, -0.25) is 0 Å². The van der Waals surface area contributed by atoms with E-state index in [0.717, 1.165) is 102 Å². The highest BCUT2D eigenvalue weighted by atomic mass is 32.2. The average molecular weight is 548 g/mol. The number of hydrogen-bond acceptors (Lipinski definition) is 7. The standard InChI is InChI=1S/C30H45NO6S/c32-24-26-23-27(15-16-30(26)33)37-21-18-31-17-6-1-2-7-19-36-20-8-5-10-25-11-9-14-29(22-25)38(34,35)28-12-3-4-13-28/h9,11,14-16,22-23,28,31-33H,1-8,10,12-13,17-21,24H2. The Morgan fingerprint density at radius 3 is 2.42 bits per heavy atom. The molecular formula is C30H45NO6S. The number of rotatable bonds is 19. The van der Waals surface area contributed by atoms with Crippen LogP contribution < -0.4 is 10.1 Å². The van der Waals surface area contributed by atoms with Gasteiger partial charge >= 0.3 is 0 Å². The lowest BCUT2D eigenvalue weighted by atomic mass is 10.1. The Hall–Kier alpha value is -2.13. The van der Waals surface area contributed by atoms with Crippen LogP contribution in [0.15, 0.2) is 47.4 Å². The summed E-state index contributed by atoms with van der Waals surface area (Å²) in [5.41, 5.74) is 1.56. The van der Waals surface area contributed by atoms with Gasteiger partial charge in [0.15, 0.2) is 9.84 Å². The van der Waals surface area contributed by atoms with Crippen molar-refractivity contribution in [2.45, 2.75) is 87.4 Å². The normalized spacial score (nSPS) is 14.2. The van der Waals surface area contributed by atoms with Gasteiger partial charge in [-0.2, -0.15) is 0 Å². The summed E-state index contributed by atoms with van der Waals surface area (Å²) in [5, 5.41) is 21.9. The number of hydrogen-bond donors (Lipinski definition) is 3. The number of nitrogens with one attached hydrogen (secondary N) is 1. The number of aliphatic hydroxyl groups is 1. The molecule has 1 saturated carbocycles. The number of sulfone groups is 1. The molecule has 0 atom stereocenters. The zero-order valence-corrected chi connectivity index (χ0v) is 23.4. The van der Waals surface area contributed by atoms with Crippen LogP contribution >= 0.6 is 0 Å². The van der Waals surface area contributed by atoms with Gasteiger partial charge < -0.3 is 25.0 Å². The van der Waals surface area contributed by atoms with E-state index in [0.29, 0.717) is 22.8 Å². The first-order valence-electron chi connectivity index (χ1n) is 14.2. The second-order valence-electron chi connectivity index (χ2n) is 10.1. The summed E-state index contributed by atoms with van der Waals surface area (Å²) in [6, 6.07) is 12.4. The van der Waals surface area contributed by atoms with E-state index in [1.165, 1.54) is 6.07 Å². The predicted molar refractivity (Wildman–Crippen MR) is 151 cm³/mol. The summed E-state index contributed by atoms with van der Waals surface area (Å²) < 4.78 is 37.1. The number of benzene rings is 2. The first kappa shape index (κ1) is 30.4. The molecule has 1 fully saturated rings. The Morgan fingerprint density at radius 2 is 1.63 bits per heavy atom. The minimum Gasteiger partial charge on any atom is -0.508 e. The molecular weight excluding hydrogens is 502 g/mol. The van der Waals surface area contributed by atoms with Gasteiger partial charge in [-0.25, -0.2) is 8.42 Å². The molecule has 3 rings (SSSR count). The van der Waals surface area contributed by atoms with Crippen molar-refractivity contribution in [3.8, 4) is 11.5 Å². The molecule has 0 aliphatic heterocycles. The van der Waals surface area contributed by atoms with Gasteiger partial charge in [-0.15, -0.1) is 0 Å². The fourth-order valence-corrected chi connectivity index (χ4v) is 6.78. The van der Waals surface area contributed by atoms with Crippen molar-refractivity contribution in [2.75, 3.05) is 32.9 Å². The topological polar surface area (TPSA) is 105 Å². The van der Waals surface area contributed by atoms with E-state index in [1.54, 1.807) is 18.2 Å². The molecule has 0 spiro atoms. The monoisotopic (exact) mass is 547 g/mol. The molecule has 3 N–H and O–H groups in total. The Balaban J connectivity index is 1.13. The highest BCUT2D eigenvalue weighted by Crippen LogP contribution is 2.30. The van der Waals surface area contributed by atoms with Gasteiger partial charge in [-0.1, -0.05) is 37.8 Å². The summed E-state index contributed by atoms with van der Waals surface area (Å²) in [6.07, 6.45) is 11.0. The maximum atomic E-state index is 12.8. The van der Waals surface area contributed by atoms with Crippen molar-refractivity contribution in [3.63, 3.8) is 0 Å². The Bertz CT molecular complexity index is 1050. The van der Waals surface area contributed by atoms with Crippen LogP contribution in [0, 0.1) is 0 Å². The Kier molecular flexibility index (Phi) is 13.4. The van der Waals surface area contributed by atoms with Crippen LogP contribution in [0.5, 0.6) is 11.5 Å². The number of unbranched alkanes of at least 4 members (excludes halogenated alkanes) is 4. The molecule has 0 saturated heterocycles. The number of aryl methyl sites for hydroxylation is 1. The number of aromatic hydroxyl groups is 1. The summed E-state index contributed by atoms with van der Waals surface area (Å²) in [7, 11) is -3.18. The zero-order valence-electron chi connectivity index (χ0n) is 22.6. The molecule has 8 heteroatoms. The van der Waals surface area contributed by atoms with E-state index < -0.39 is 9.84 Å². The second kappa shape index (κ2) is 16.7. The second-order valence-corrected chi connectivity index (χ2v) is 12.4. The first-order valence-corrected chi connectivity index (χ1v) is 15.7. The van der Waals surface area contributed by atoms with Crippen LogP contribution in [0.25, 0.3) is 0 Å². The maximum absolute atomic E-state index is 12.8. The minimum absolute atomic E-state index is 0.0791. The fraction of sp³-hybridized carbons (Fsp3) is 0.600. The molecule has 2 aromatic carbocycles. The molecule has 0 bridgehead atoms. The molecule has 0 heterocycles. The van der Waals surface area contributed by atoms with Crippen LogP contribution in [0.4, 0.5) is 0 Å². The van der Waals surface area contributed by atoms with Crippen molar-refractivity contribution < 1.29 is 28.1 Å². The van der Waals surface area contributed by atoms with Gasteiger partial charge in [0, 0.05) is 25.3 Å². The lowest BCUT2D eigenvalue weighted by molar-refractivity contribution is 0.126. The summed E-state index contributed by atoms with van der Waals surface area (Å²) >= 11 is 0. The third-order valence-corrected chi connectivity index (χ3v) is 9.39. The molecule has 0 amide bonds. The van der Waals surface area contributed by atoms with Gasteiger partial charge in [0.05, 0.1) is 16.8 Å². The predicted octanol–water partition coefficient (Wildman–Crippen LogP) is 5.17. The Labute approximate surface area is 228 Å². The summed E-state index contributed by atoms with van der Waals surface area (Å²) in [6.45, 7) is 3.57. The number of aliphatic hydroxyl groups excluding tert-OH is 1. The molecule has 2 aromatic rings. The molecule has 1 aliphatic carbocycles. The van der Waals surface area contributed by atoms with Crippen molar-refractivity contribution in [2.24, 2.45) is 0 Å². The van der Waals surface area contributed by atoms with Crippen LogP contribution in [0.1, 0.15) is 75.3 Å². The van der Waals surface area contributed by atoms with E-state index in [2.05, 4.69) is 5.32 Å². The van der Waals surface area contributed by atoms with Gasteiger partial charge in [0.2, 0.25) is 0 Å². The van der Waals surface area contributed by atoms with Crippen molar-refractivity contribution in [1.29, 1.82) is 0 Å². The van der Waals surface area contributed by atoms with Gasteiger partial charge in [0.25, 0.3) is 0 Å². The van der Waals surface area contributed by atoms with Crippen molar-refractivity contribution in [1.82, 2.24) is 5.32 Å². The van der Waals surface area contributed by atoms with Crippen molar-refractivity contribution >= 4 is 9.84 Å². The molecule has 1 aliphatic rings. The van der Waals surface area contributed by atoms with Gasteiger partial charge in [-0.05, 0) is 87.4 Å². The highest BCUT2D eigenvalue weighted by molar-refractivity contribution is 7.92. The van der Waals surface area contributed by atoms with E-state index in [9.17, 15) is 18.6 Å². The lowest BCUT2D eigenvalue weighted by Crippen LogP contribution is -2.22. The van der Waals surface area contributed by atoms with Crippen LogP contribution in [-0.2, 0) is 27.6 Å².